The minimum Gasteiger partial charge on any atom is -0.493 e. The first-order valence-corrected chi connectivity index (χ1v) is 13.5. The first-order valence-electron chi connectivity index (χ1n) is 12.7. The molecule has 3 heterocycles. The molecule has 3 N–H and O–H groups in total. The molecular formula is C29H29Cl2FN4O4. The Bertz CT molecular complexity index is 1480. The van der Waals surface area contributed by atoms with Gasteiger partial charge in [-0.15, -0.1) is 0 Å². The lowest BCUT2D eigenvalue weighted by Crippen LogP contribution is -2.49. The molecule has 0 bridgehead atoms. The van der Waals surface area contributed by atoms with Crippen LogP contribution in [0.3, 0.4) is 0 Å². The molecular weight excluding hydrogens is 558 g/mol. The summed E-state index contributed by atoms with van der Waals surface area (Å²) in [5.41, 5.74) is 0.0451. The predicted octanol–water partition coefficient (Wildman–Crippen LogP) is 6.49. The molecule has 5 rings (SSSR count). The van der Waals surface area contributed by atoms with Gasteiger partial charge in [-0.05, 0) is 47.2 Å². The SMILES string of the molecule is COc1cnccc1NC(=O)O[C@H]1N[C@@H](CC(C)(C)C)[C@@]2(C(=O)Nc3cc(Cl)ccc32)[C@H]1c1cccc(Cl)c1F. The number of methoxy groups -OCH3 is 1. The van der Waals surface area contributed by atoms with Crippen LogP contribution in [0.15, 0.2) is 54.9 Å². The standard InChI is InChI=1S/C29H29Cl2FN4O4/c1-28(2,3)13-22-29(17-9-8-15(30)12-20(17)34-26(29)37)23(16-6-5-7-18(31)24(16)32)25(36-22)40-27(38)35-19-10-11-33-14-21(19)39-4/h5-12,14,22-23,25,36H,13H2,1-4H3,(H,34,37)(H,33,35,38)/t22-,23-,25+,29+/m0/s1. The van der Waals surface area contributed by atoms with Crippen molar-refractivity contribution in [3.63, 3.8) is 0 Å². The Balaban J connectivity index is 1.65. The number of halogens is 3. The third-order valence-corrected chi connectivity index (χ3v) is 7.89. The Hall–Kier alpha value is -3.40. The summed E-state index contributed by atoms with van der Waals surface area (Å²) in [5.74, 6) is -1.68. The lowest BCUT2D eigenvalue weighted by atomic mass is 9.63. The van der Waals surface area contributed by atoms with Crippen LogP contribution in [0.4, 0.5) is 20.6 Å². The molecule has 2 aromatic carbocycles. The molecule has 4 atom stereocenters. The van der Waals surface area contributed by atoms with E-state index in [0.717, 1.165) is 0 Å². The zero-order valence-corrected chi connectivity index (χ0v) is 23.9. The molecule has 0 radical (unpaired) electrons. The number of ether oxygens (including phenoxy) is 2. The number of hydrogen-bond acceptors (Lipinski definition) is 6. The summed E-state index contributed by atoms with van der Waals surface area (Å²) in [6.07, 6.45) is 1.51. The molecule has 2 aliphatic heterocycles. The molecule has 2 amide bonds. The van der Waals surface area contributed by atoms with E-state index in [9.17, 15) is 9.59 Å². The first kappa shape index (κ1) is 28.1. The number of rotatable bonds is 5. The van der Waals surface area contributed by atoms with Crippen molar-refractivity contribution in [2.24, 2.45) is 5.41 Å². The molecule has 0 saturated carbocycles. The van der Waals surface area contributed by atoms with Crippen molar-refractivity contribution < 1.29 is 23.5 Å². The topological polar surface area (TPSA) is 102 Å². The maximum absolute atomic E-state index is 15.8. The summed E-state index contributed by atoms with van der Waals surface area (Å²) < 4.78 is 27.0. The van der Waals surface area contributed by atoms with E-state index >= 15 is 4.39 Å². The number of nitrogens with zero attached hydrogens (tertiary/aromatic N) is 1. The fraction of sp³-hybridized carbons (Fsp3) is 0.345. The van der Waals surface area contributed by atoms with Crippen molar-refractivity contribution in [2.45, 2.75) is 50.8 Å². The number of carbonyl (C=O) groups is 2. The highest BCUT2D eigenvalue weighted by Gasteiger charge is 2.66. The fourth-order valence-electron chi connectivity index (χ4n) is 5.87. The van der Waals surface area contributed by atoms with E-state index in [4.69, 9.17) is 32.7 Å². The van der Waals surface area contributed by atoms with E-state index in [1.807, 2.05) is 20.8 Å². The summed E-state index contributed by atoms with van der Waals surface area (Å²) in [5, 5.41) is 9.33. The summed E-state index contributed by atoms with van der Waals surface area (Å²) >= 11 is 12.5. The highest BCUT2D eigenvalue weighted by Crippen LogP contribution is 2.57. The smallest absolute Gasteiger partial charge is 0.413 e. The van der Waals surface area contributed by atoms with Gasteiger partial charge in [-0.2, -0.15) is 0 Å². The molecule has 1 fully saturated rings. The minimum absolute atomic E-state index is 0.105. The molecule has 3 aromatic rings. The van der Waals surface area contributed by atoms with E-state index in [0.29, 0.717) is 34.1 Å². The molecule has 0 unspecified atom stereocenters. The van der Waals surface area contributed by atoms with Gasteiger partial charge < -0.3 is 14.8 Å². The van der Waals surface area contributed by atoms with Crippen molar-refractivity contribution in [3.05, 3.63) is 81.8 Å². The Morgan fingerprint density at radius 1 is 1.20 bits per heavy atom. The molecule has 210 valence electrons. The fourth-order valence-corrected chi connectivity index (χ4v) is 6.22. The van der Waals surface area contributed by atoms with Crippen molar-refractivity contribution in [3.8, 4) is 5.75 Å². The van der Waals surface area contributed by atoms with Gasteiger partial charge in [0.1, 0.15) is 11.2 Å². The molecule has 1 aromatic heterocycles. The number of aromatic nitrogens is 1. The number of fused-ring (bicyclic) bond motifs is 2. The Morgan fingerprint density at radius 3 is 2.70 bits per heavy atom. The van der Waals surface area contributed by atoms with Gasteiger partial charge in [0.15, 0.2) is 12.0 Å². The zero-order chi connectivity index (χ0) is 28.8. The van der Waals surface area contributed by atoms with Crippen LogP contribution in [0.2, 0.25) is 10.0 Å². The van der Waals surface area contributed by atoms with Crippen LogP contribution in [-0.4, -0.2) is 36.4 Å². The van der Waals surface area contributed by atoms with Crippen LogP contribution in [-0.2, 0) is 14.9 Å². The van der Waals surface area contributed by atoms with Gasteiger partial charge >= 0.3 is 6.09 Å². The van der Waals surface area contributed by atoms with E-state index in [-0.39, 0.29) is 21.9 Å². The number of nitrogens with one attached hydrogen (secondary N) is 3. The van der Waals surface area contributed by atoms with Crippen molar-refractivity contribution in [2.75, 3.05) is 17.7 Å². The van der Waals surface area contributed by atoms with Gasteiger partial charge in [0.25, 0.3) is 0 Å². The molecule has 40 heavy (non-hydrogen) atoms. The first-order chi connectivity index (χ1) is 19.0. The normalized spacial score (nSPS) is 23.6. The summed E-state index contributed by atoms with van der Waals surface area (Å²) in [7, 11) is 1.45. The van der Waals surface area contributed by atoms with Gasteiger partial charge in [0.05, 0.1) is 29.9 Å². The summed E-state index contributed by atoms with van der Waals surface area (Å²) in [6.45, 7) is 6.14. The maximum Gasteiger partial charge on any atom is 0.413 e. The van der Waals surface area contributed by atoms with Gasteiger partial charge in [-0.25, -0.2) is 9.18 Å². The second-order valence-corrected chi connectivity index (χ2v) is 12.0. The lowest BCUT2D eigenvalue weighted by molar-refractivity contribution is -0.122. The van der Waals surface area contributed by atoms with Crippen molar-refractivity contribution in [1.82, 2.24) is 10.3 Å². The molecule has 8 nitrogen and oxygen atoms in total. The van der Waals surface area contributed by atoms with Crippen molar-refractivity contribution in [1.29, 1.82) is 0 Å². The van der Waals surface area contributed by atoms with E-state index in [1.165, 1.54) is 25.6 Å². The maximum atomic E-state index is 15.8. The minimum atomic E-state index is -1.35. The van der Waals surface area contributed by atoms with E-state index in [2.05, 4.69) is 20.9 Å². The quantitative estimate of drug-likeness (QED) is 0.316. The highest BCUT2D eigenvalue weighted by atomic mass is 35.5. The van der Waals surface area contributed by atoms with Gasteiger partial charge in [-0.1, -0.05) is 62.2 Å². The van der Waals surface area contributed by atoms with E-state index < -0.39 is 35.5 Å². The number of hydrogen-bond donors (Lipinski definition) is 3. The van der Waals surface area contributed by atoms with E-state index in [1.54, 1.807) is 36.4 Å². The van der Waals surface area contributed by atoms with Crippen LogP contribution >= 0.6 is 23.2 Å². The third-order valence-electron chi connectivity index (χ3n) is 7.37. The second-order valence-electron chi connectivity index (χ2n) is 11.1. The lowest BCUT2D eigenvalue weighted by Gasteiger charge is -2.37. The summed E-state index contributed by atoms with van der Waals surface area (Å²) in [4.78, 5) is 31.4. The van der Waals surface area contributed by atoms with Crippen LogP contribution in [0.1, 0.15) is 44.2 Å². The largest absolute Gasteiger partial charge is 0.493 e. The number of pyridine rings is 1. The van der Waals surface area contributed by atoms with Crippen LogP contribution in [0.5, 0.6) is 5.75 Å². The van der Waals surface area contributed by atoms with Crippen LogP contribution < -0.4 is 20.7 Å². The molecule has 1 spiro atoms. The average molecular weight is 587 g/mol. The molecule has 1 saturated heterocycles. The predicted molar refractivity (Wildman–Crippen MR) is 152 cm³/mol. The number of carbonyl (C=O) groups excluding carboxylic acids is 2. The summed E-state index contributed by atoms with van der Waals surface area (Å²) in [6, 6.07) is 10.8. The molecule has 11 heteroatoms. The van der Waals surface area contributed by atoms with Gasteiger partial charge in [0, 0.05) is 22.9 Å². The Labute approximate surface area is 241 Å². The average Bonchev–Trinajstić information content (AvgIpc) is 3.33. The third kappa shape index (κ3) is 4.87. The second kappa shape index (κ2) is 10.5. The molecule has 2 aliphatic rings. The van der Waals surface area contributed by atoms with Crippen LogP contribution in [0, 0.1) is 11.2 Å². The molecule has 0 aliphatic carbocycles. The number of amides is 2. The highest BCUT2D eigenvalue weighted by molar-refractivity contribution is 6.31. The Kier molecular flexibility index (Phi) is 7.41. The monoisotopic (exact) mass is 586 g/mol. The number of benzene rings is 2. The Morgan fingerprint density at radius 2 is 1.98 bits per heavy atom. The van der Waals surface area contributed by atoms with Gasteiger partial charge in [-0.3, -0.25) is 20.4 Å². The van der Waals surface area contributed by atoms with Crippen LogP contribution in [0.25, 0.3) is 0 Å². The van der Waals surface area contributed by atoms with Gasteiger partial charge in [0.2, 0.25) is 5.91 Å². The number of anilines is 2. The van der Waals surface area contributed by atoms with Crippen molar-refractivity contribution >= 4 is 46.6 Å². The zero-order valence-electron chi connectivity index (χ0n) is 22.3.